The Morgan fingerprint density at radius 1 is 1.03 bits per heavy atom. The van der Waals surface area contributed by atoms with Gasteiger partial charge in [0.1, 0.15) is 0 Å². The fraction of sp³-hybridized carbons (Fsp3) is 0.962. The topological polar surface area (TPSA) is 69.6 Å². The summed E-state index contributed by atoms with van der Waals surface area (Å²) in [5, 5.41) is 21.9. The van der Waals surface area contributed by atoms with Crippen LogP contribution in [0.25, 0.3) is 0 Å². The van der Waals surface area contributed by atoms with E-state index in [1.54, 1.807) is 0 Å². The van der Waals surface area contributed by atoms with Crippen LogP contribution in [0, 0.1) is 46.3 Å². The highest BCUT2D eigenvalue weighted by molar-refractivity contribution is 5.75. The molecule has 0 unspecified atom stereocenters. The monoisotopic (exact) mass is 419 g/mol. The van der Waals surface area contributed by atoms with Gasteiger partial charge in [0.15, 0.2) is 0 Å². The van der Waals surface area contributed by atoms with Crippen molar-refractivity contribution in [2.45, 2.75) is 97.5 Å². The van der Waals surface area contributed by atoms with Crippen molar-refractivity contribution in [1.82, 2.24) is 5.32 Å². The quantitative estimate of drug-likeness (QED) is 0.592. The van der Waals surface area contributed by atoms with Crippen LogP contribution in [0.2, 0.25) is 0 Å². The Morgan fingerprint density at radius 3 is 2.53 bits per heavy atom. The molecule has 4 nitrogen and oxygen atoms in total. The summed E-state index contributed by atoms with van der Waals surface area (Å²) in [6.45, 7) is 7.93. The third-order valence-electron chi connectivity index (χ3n) is 10.7. The summed E-state index contributed by atoms with van der Waals surface area (Å²) in [5.41, 5.74) is 0.900. The number of amides is 1. The second kappa shape index (κ2) is 8.73. The van der Waals surface area contributed by atoms with Gasteiger partial charge in [-0.1, -0.05) is 20.8 Å². The van der Waals surface area contributed by atoms with Gasteiger partial charge >= 0.3 is 0 Å². The highest BCUT2D eigenvalue weighted by Crippen LogP contribution is 2.68. The first-order valence-corrected chi connectivity index (χ1v) is 12.8. The van der Waals surface area contributed by atoms with Crippen molar-refractivity contribution >= 4 is 5.91 Å². The number of hydrogen-bond donors (Lipinski definition) is 3. The smallest absolute Gasteiger partial charge is 0.220 e. The van der Waals surface area contributed by atoms with E-state index in [1.807, 2.05) is 0 Å². The Bertz CT molecular complexity index is 623. The summed E-state index contributed by atoms with van der Waals surface area (Å²) in [6.07, 6.45) is 12.9. The number of hydrogen-bond acceptors (Lipinski definition) is 3. The third kappa shape index (κ3) is 3.85. The van der Waals surface area contributed by atoms with Gasteiger partial charge in [-0.3, -0.25) is 4.79 Å². The lowest BCUT2D eigenvalue weighted by molar-refractivity contribution is -0.129. The minimum Gasteiger partial charge on any atom is -0.395 e. The number of nitrogens with one attached hydrogen (secondary N) is 1. The highest BCUT2D eigenvalue weighted by Gasteiger charge is 2.60. The van der Waals surface area contributed by atoms with Crippen molar-refractivity contribution in [3.63, 3.8) is 0 Å². The number of rotatable bonds is 6. The first-order chi connectivity index (χ1) is 14.3. The molecule has 0 radical (unpaired) electrons. The van der Waals surface area contributed by atoms with E-state index in [2.05, 4.69) is 26.1 Å². The molecule has 4 aliphatic rings. The van der Waals surface area contributed by atoms with Gasteiger partial charge < -0.3 is 15.5 Å². The molecule has 4 saturated carbocycles. The fourth-order valence-corrected chi connectivity index (χ4v) is 9.05. The predicted octanol–water partition coefficient (Wildman–Crippen LogP) is 4.53. The summed E-state index contributed by atoms with van der Waals surface area (Å²) in [4.78, 5) is 12.0. The number of carbonyl (C=O) groups excluding carboxylic acids is 1. The summed E-state index contributed by atoms with van der Waals surface area (Å²) in [7, 11) is 0. The van der Waals surface area contributed by atoms with Crippen LogP contribution in [0.15, 0.2) is 0 Å². The summed E-state index contributed by atoms with van der Waals surface area (Å²) < 4.78 is 0. The zero-order valence-corrected chi connectivity index (χ0v) is 19.5. The zero-order chi connectivity index (χ0) is 21.5. The average molecular weight is 420 g/mol. The first kappa shape index (κ1) is 22.6. The van der Waals surface area contributed by atoms with Crippen LogP contribution in [0.4, 0.5) is 0 Å². The molecule has 1 amide bonds. The van der Waals surface area contributed by atoms with Crippen LogP contribution in [0.3, 0.4) is 0 Å². The van der Waals surface area contributed by atoms with E-state index in [1.165, 1.54) is 44.9 Å². The second-order valence-electron chi connectivity index (χ2n) is 11.9. The number of aliphatic hydroxyl groups is 2. The van der Waals surface area contributed by atoms with Gasteiger partial charge in [-0.15, -0.1) is 0 Å². The molecule has 0 aromatic carbocycles. The summed E-state index contributed by atoms with van der Waals surface area (Å²) >= 11 is 0. The molecule has 30 heavy (non-hydrogen) atoms. The number of carbonyl (C=O) groups is 1. The SMILES string of the molecule is C[C@H](CCC(=O)NCCO)[C@@H]1CC[C@@H]2[C@@H]3CC[C@@H]4C[C@H](O)CC[C@]4(C)[C@@H]3CC[C@@]21C. The molecule has 4 heteroatoms. The fourth-order valence-electron chi connectivity index (χ4n) is 9.05. The number of aliphatic hydroxyl groups excluding tert-OH is 2. The largest absolute Gasteiger partial charge is 0.395 e. The Hall–Kier alpha value is -0.610. The summed E-state index contributed by atoms with van der Waals surface area (Å²) in [5.74, 6) is 4.76. The van der Waals surface area contributed by atoms with Crippen LogP contribution in [0.5, 0.6) is 0 Å². The lowest BCUT2D eigenvalue weighted by Gasteiger charge is -2.61. The molecular weight excluding hydrogens is 374 g/mol. The molecule has 172 valence electrons. The van der Waals surface area contributed by atoms with E-state index in [9.17, 15) is 9.90 Å². The molecule has 4 fully saturated rings. The Labute approximate surface area is 183 Å². The molecule has 4 aliphatic carbocycles. The van der Waals surface area contributed by atoms with E-state index in [0.29, 0.717) is 29.7 Å². The van der Waals surface area contributed by atoms with Crippen molar-refractivity contribution in [3.8, 4) is 0 Å². The van der Waals surface area contributed by atoms with Crippen LogP contribution in [0.1, 0.15) is 91.4 Å². The maximum Gasteiger partial charge on any atom is 0.220 e. The van der Waals surface area contributed by atoms with Crippen molar-refractivity contribution in [3.05, 3.63) is 0 Å². The van der Waals surface area contributed by atoms with E-state index in [0.717, 1.165) is 48.9 Å². The first-order valence-electron chi connectivity index (χ1n) is 12.8. The van der Waals surface area contributed by atoms with Gasteiger partial charge in [0.25, 0.3) is 0 Å². The maximum atomic E-state index is 12.0. The Morgan fingerprint density at radius 2 is 1.77 bits per heavy atom. The molecular formula is C26H45NO3. The zero-order valence-electron chi connectivity index (χ0n) is 19.5. The average Bonchev–Trinajstić information content (AvgIpc) is 3.08. The molecule has 0 aromatic rings. The number of fused-ring (bicyclic) bond motifs is 5. The molecule has 0 spiro atoms. The van der Waals surface area contributed by atoms with Gasteiger partial charge in [-0.2, -0.15) is 0 Å². The Balaban J connectivity index is 1.42. The van der Waals surface area contributed by atoms with Crippen molar-refractivity contribution in [2.24, 2.45) is 46.3 Å². The van der Waals surface area contributed by atoms with Gasteiger partial charge in [0.2, 0.25) is 5.91 Å². The molecule has 0 aromatic heterocycles. The van der Waals surface area contributed by atoms with Gasteiger partial charge in [-0.05, 0) is 111 Å². The van der Waals surface area contributed by atoms with Crippen molar-refractivity contribution in [2.75, 3.05) is 13.2 Å². The van der Waals surface area contributed by atoms with Crippen LogP contribution >= 0.6 is 0 Å². The third-order valence-corrected chi connectivity index (χ3v) is 10.7. The lowest BCUT2D eigenvalue weighted by Crippen LogP contribution is -2.54. The Kier molecular flexibility index (Phi) is 6.57. The van der Waals surface area contributed by atoms with Crippen LogP contribution in [-0.4, -0.2) is 35.4 Å². The summed E-state index contributed by atoms with van der Waals surface area (Å²) in [6, 6.07) is 0. The molecule has 0 aliphatic heterocycles. The van der Waals surface area contributed by atoms with E-state index >= 15 is 0 Å². The molecule has 9 atom stereocenters. The van der Waals surface area contributed by atoms with Gasteiger partial charge in [0, 0.05) is 13.0 Å². The standard InChI is InChI=1S/C26H45NO3/c1-17(4-9-24(30)27-14-15-28)21-7-8-22-20-6-5-18-16-19(29)10-12-25(18,2)23(20)11-13-26(21,22)3/h17-23,28-29H,4-16H2,1-3H3,(H,27,30)/t17-,18-,19-,20+,21+,22-,23-,25+,26-/m1/s1. The normalized spacial score (nSPS) is 46.4. The maximum absolute atomic E-state index is 12.0. The minimum absolute atomic E-state index is 0.0188. The van der Waals surface area contributed by atoms with Gasteiger partial charge in [-0.25, -0.2) is 0 Å². The second-order valence-corrected chi connectivity index (χ2v) is 11.9. The van der Waals surface area contributed by atoms with E-state index < -0.39 is 0 Å². The highest BCUT2D eigenvalue weighted by atomic mass is 16.3. The molecule has 0 saturated heterocycles. The predicted molar refractivity (Wildman–Crippen MR) is 120 cm³/mol. The van der Waals surface area contributed by atoms with Crippen molar-refractivity contribution in [1.29, 1.82) is 0 Å². The van der Waals surface area contributed by atoms with Crippen molar-refractivity contribution < 1.29 is 15.0 Å². The van der Waals surface area contributed by atoms with E-state index in [4.69, 9.17) is 5.11 Å². The van der Waals surface area contributed by atoms with Crippen LogP contribution < -0.4 is 5.32 Å². The van der Waals surface area contributed by atoms with E-state index in [-0.39, 0.29) is 18.6 Å². The molecule has 0 heterocycles. The molecule has 3 N–H and O–H groups in total. The lowest BCUT2D eigenvalue weighted by atomic mass is 9.44. The molecule has 0 bridgehead atoms. The molecule has 4 rings (SSSR count). The van der Waals surface area contributed by atoms with Crippen LogP contribution in [-0.2, 0) is 4.79 Å². The minimum atomic E-state index is -0.0558. The van der Waals surface area contributed by atoms with Gasteiger partial charge in [0.05, 0.1) is 12.7 Å².